The highest BCUT2D eigenvalue weighted by atomic mass is 127. The number of nitrogens with one attached hydrogen (secondary N) is 3. The van der Waals surface area contributed by atoms with Gasteiger partial charge in [0.1, 0.15) is 6.61 Å². The van der Waals surface area contributed by atoms with E-state index in [9.17, 15) is 4.79 Å². The standard InChI is InChI=1S/C21H26N4O3.HI/c1-2-22-21(24-13-12-23-20(26)16-8-4-3-5-9-16)25-14-17-15-27-18-10-6-7-11-19(18)28-17;/h3-11,17H,2,12-15H2,1H3,(H,23,26)(H2,22,24,25);1H. The first kappa shape index (κ1) is 22.8. The van der Waals surface area contributed by atoms with Gasteiger partial charge in [-0.15, -0.1) is 24.0 Å². The van der Waals surface area contributed by atoms with Gasteiger partial charge in [0, 0.05) is 25.2 Å². The fraction of sp³-hybridized carbons (Fsp3) is 0.333. The summed E-state index contributed by atoms with van der Waals surface area (Å²) in [6.07, 6.45) is -0.136. The molecule has 0 saturated heterocycles. The minimum atomic E-state index is -0.136. The molecule has 0 bridgehead atoms. The van der Waals surface area contributed by atoms with Crippen LogP contribution in [0.3, 0.4) is 0 Å². The number of carbonyl (C=O) groups is 1. The van der Waals surface area contributed by atoms with Gasteiger partial charge in [0.25, 0.3) is 5.91 Å². The molecule has 7 nitrogen and oxygen atoms in total. The van der Waals surface area contributed by atoms with Crippen LogP contribution in [-0.2, 0) is 0 Å². The second kappa shape index (κ2) is 12.2. The second-order valence-electron chi connectivity index (χ2n) is 6.27. The summed E-state index contributed by atoms with van der Waals surface area (Å²) in [6, 6.07) is 16.8. The Bertz CT molecular complexity index is 802. The Morgan fingerprint density at radius 2 is 1.69 bits per heavy atom. The van der Waals surface area contributed by atoms with Crippen molar-refractivity contribution in [3.8, 4) is 11.5 Å². The Morgan fingerprint density at radius 1 is 1.00 bits per heavy atom. The largest absolute Gasteiger partial charge is 0.486 e. The number of para-hydroxylation sites is 2. The van der Waals surface area contributed by atoms with Crippen LogP contribution in [0.1, 0.15) is 17.3 Å². The number of benzene rings is 2. The Labute approximate surface area is 188 Å². The van der Waals surface area contributed by atoms with Gasteiger partial charge in [0.15, 0.2) is 23.6 Å². The Morgan fingerprint density at radius 3 is 2.45 bits per heavy atom. The average molecular weight is 510 g/mol. The lowest BCUT2D eigenvalue weighted by Crippen LogP contribution is -2.42. The lowest BCUT2D eigenvalue weighted by atomic mass is 10.2. The number of fused-ring (bicyclic) bond motifs is 1. The van der Waals surface area contributed by atoms with Gasteiger partial charge in [0.05, 0.1) is 6.54 Å². The van der Waals surface area contributed by atoms with Crippen LogP contribution in [0.25, 0.3) is 0 Å². The number of hydrogen-bond donors (Lipinski definition) is 3. The monoisotopic (exact) mass is 510 g/mol. The third-order valence-electron chi connectivity index (χ3n) is 4.10. The molecule has 0 saturated carbocycles. The van der Waals surface area contributed by atoms with E-state index < -0.39 is 0 Å². The maximum atomic E-state index is 12.0. The molecule has 0 aromatic heterocycles. The number of halogens is 1. The lowest BCUT2D eigenvalue weighted by Gasteiger charge is -2.25. The van der Waals surface area contributed by atoms with Gasteiger partial charge in [-0.05, 0) is 31.2 Å². The average Bonchev–Trinajstić information content (AvgIpc) is 2.75. The topological polar surface area (TPSA) is 84.0 Å². The summed E-state index contributed by atoms with van der Waals surface area (Å²) in [7, 11) is 0. The summed E-state index contributed by atoms with van der Waals surface area (Å²) in [6.45, 7) is 4.74. The van der Waals surface area contributed by atoms with Gasteiger partial charge >= 0.3 is 0 Å². The highest BCUT2D eigenvalue weighted by molar-refractivity contribution is 14.0. The first-order chi connectivity index (χ1) is 13.8. The molecule has 2 aromatic carbocycles. The molecule has 3 N–H and O–H groups in total. The van der Waals surface area contributed by atoms with E-state index in [1.54, 1.807) is 12.1 Å². The number of aliphatic imine (C=N–C) groups is 1. The van der Waals surface area contributed by atoms with Gasteiger partial charge in [-0.3, -0.25) is 4.79 Å². The van der Waals surface area contributed by atoms with E-state index in [2.05, 4.69) is 20.9 Å². The van der Waals surface area contributed by atoms with Gasteiger partial charge in [-0.1, -0.05) is 30.3 Å². The Balaban J connectivity index is 0.00000300. The molecule has 0 aliphatic carbocycles. The van der Waals surface area contributed by atoms with Crippen molar-refractivity contribution in [2.75, 3.05) is 32.8 Å². The zero-order valence-electron chi connectivity index (χ0n) is 16.4. The third-order valence-corrected chi connectivity index (χ3v) is 4.10. The van der Waals surface area contributed by atoms with E-state index in [1.807, 2.05) is 49.4 Å². The molecule has 2 aromatic rings. The molecule has 156 valence electrons. The third kappa shape index (κ3) is 7.12. The van der Waals surface area contributed by atoms with Gasteiger partial charge in [0.2, 0.25) is 0 Å². The van der Waals surface area contributed by atoms with Crippen molar-refractivity contribution in [2.45, 2.75) is 13.0 Å². The molecule has 1 amide bonds. The van der Waals surface area contributed by atoms with Crippen LogP contribution in [0.4, 0.5) is 0 Å². The van der Waals surface area contributed by atoms with Gasteiger partial charge in [-0.2, -0.15) is 0 Å². The Hall–Kier alpha value is -2.49. The van der Waals surface area contributed by atoms with Crippen molar-refractivity contribution in [2.24, 2.45) is 4.99 Å². The van der Waals surface area contributed by atoms with Crippen molar-refractivity contribution < 1.29 is 14.3 Å². The molecule has 1 atom stereocenters. The van der Waals surface area contributed by atoms with E-state index in [1.165, 1.54) is 0 Å². The lowest BCUT2D eigenvalue weighted by molar-refractivity contribution is 0.0954. The zero-order valence-corrected chi connectivity index (χ0v) is 18.7. The summed E-state index contributed by atoms with van der Waals surface area (Å²) in [5.74, 6) is 2.10. The van der Waals surface area contributed by atoms with E-state index in [-0.39, 0.29) is 36.0 Å². The fourth-order valence-electron chi connectivity index (χ4n) is 2.74. The molecule has 0 fully saturated rings. The number of amides is 1. The normalized spacial score (nSPS) is 15.1. The number of rotatable bonds is 7. The minimum absolute atomic E-state index is 0. The number of guanidine groups is 1. The van der Waals surface area contributed by atoms with Crippen LogP contribution >= 0.6 is 24.0 Å². The summed E-state index contributed by atoms with van der Waals surface area (Å²) in [4.78, 5) is 16.6. The Kier molecular flexibility index (Phi) is 9.55. The van der Waals surface area contributed by atoms with Gasteiger partial charge in [-0.25, -0.2) is 4.99 Å². The summed E-state index contributed by atoms with van der Waals surface area (Å²) in [5.41, 5.74) is 0.651. The molecule has 1 unspecified atom stereocenters. The predicted molar refractivity (Wildman–Crippen MR) is 125 cm³/mol. The van der Waals surface area contributed by atoms with Crippen molar-refractivity contribution in [1.29, 1.82) is 0 Å². The van der Waals surface area contributed by atoms with Crippen LogP contribution in [-0.4, -0.2) is 50.8 Å². The fourth-order valence-corrected chi connectivity index (χ4v) is 2.74. The van der Waals surface area contributed by atoms with Crippen LogP contribution in [0.15, 0.2) is 59.6 Å². The van der Waals surface area contributed by atoms with Crippen molar-refractivity contribution in [1.82, 2.24) is 16.0 Å². The molecule has 0 radical (unpaired) electrons. The molecule has 1 heterocycles. The molecule has 0 spiro atoms. The smallest absolute Gasteiger partial charge is 0.251 e. The molecule has 1 aliphatic heterocycles. The zero-order chi connectivity index (χ0) is 19.6. The van der Waals surface area contributed by atoms with Crippen molar-refractivity contribution in [3.63, 3.8) is 0 Å². The van der Waals surface area contributed by atoms with Crippen molar-refractivity contribution >= 4 is 35.8 Å². The summed E-state index contributed by atoms with van der Waals surface area (Å²) >= 11 is 0. The number of nitrogens with zero attached hydrogens (tertiary/aromatic N) is 1. The van der Waals surface area contributed by atoms with Crippen LogP contribution in [0.2, 0.25) is 0 Å². The molecule has 1 aliphatic rings. The first-order valence-electron chi connectivity index (χ1n) is 9.50. The van der Waals surface area contributed by atoms with E-state index in [0.29, 0.717) is 37.8 Å². The highest BCUT2D eigenvalue weighted by Gasteiger charge is 2.20. The molecule has 29 heavy (non-hydrogen) atoms. The highest BCUT2D eigenvalue weighted by Crippen LogP contribution is 2.30. The number of ether oxygens (including phenoxy) is 2. The molecular weight excluding hydrogens is 483 g/mol. The molecule has 3 rings (SSSR count). The quantitative estimate of drug-likeness (QED) is 0.231. The van der Waals surface area contributed by atoms with Crippen LogP contribution < -0.4 is 25.4 Å². The van der Waals surface area contributed by atoms with Crippen molar-refractivity contribution in [3.05, 3.63) is 60.2 Å². The SMILES string of the molecule is CCNC(=NCC1COc2ccccc2O1)NCCNC(=O)c1ccccc1.I. The predicted octanol–water partition coefficient (Wildman–Crippen LogP) is 2.43. The van der Waals surface area contributed by atoms with Gasteiger partial charge < -0.3 is 25.4 Å². The van der Waals surface area contributed by atoms with E-state index in [0.717, 1.165) is 18.0 Å². The molecular formula is C21H27IN4O3. The van der Waals surface area contributed by atoms with E-state index >= 15 is 0 Å². The molecule has 8 heteroatoms. The number of hydrogen-bond acceptors (Lipinski definition) is 4. The van der Waals surface area contributed by atoms with E-state index in [4.69, 9.17) is 9.47 Å². The first-order valence-corrected chi connectivity index (χ1v) is 9.50. The maximum absolute atomic E-state index is 12.0. The van der Waals surface area contributed by atoms with Crippen LogP contribution in [0, 0.1) is 0 Å². The van der Waals surface area contributed by atoms with Crippen LogP contribution in [0.5, 0.6) is 11.5 Å². The second-order valence-corrected chi connectivity index (χ2v) is 6.27. The minimum Gasteiger partial charge on any atom is -0.486 e. The maximum Gasteiger partial charge on any atom is 0.251 e. The summed E-state index contributed by atoms with van der Waals surface area (Å²) < 4.78 is 11.6. The number of carbonyl (C=O) groups excluding carboxylic acids is 1. The summed E-state index contributed by atoms with van der Waals surface area (Å²) in [5, 5.41) is 9.29.